The van der Waals surface area contributed by atoms with Crippen molar-refractivity contribution in [1.29, 1.82) is 0 Å². The van der Waals surface area contributed by atoms with E-state index in [0.29, 0.717) is 12.5 Å². The standard InChI is InChI=1S/C16H25N3OS/c1-12(2)11-17-16(20)18-14-4-5-15(13(3)10-14)19-6-8-21-9-7-19/h4-5,10,12H,6-9,11H2,1-3H3,(H2,17,18,20). The normalized spacial score (nSPS) is 15.1. The second-order valence-electron chi connectivity index (χ2n) is 5.83. The maximum Gasteiger partial charge on any atom is 0.319 e. The predicted molar refractivity (Wildman–Crippen MR) is 92.6 cm³/mol. The highest BCUT2D eigenvalue weighted by Crippen LogP contribution is 2.26. The van der Waals surface area contributed by atoms with Crippen LogP contribution in [0, 0.1) is 12.8 Å². The predicted octanol–water partition coefficient (Wildman–Crippen LogP) is 3.33. The van der Waals surface area contributed by atoms with Gasteiger partial charge in [0.15, 0.2) is 0 Å². The third kappa shape index (κ3) is 4.84. The van der Waals surface area contributed by atoms with Crippen molar-refractivity contribution in [3.8, 4) is 0 Å². The largest absolute Gasteiger partial charge is 0.370 e. The van der Waals surface area contributed by atoms with Crippen LogP contribution in [0.5, 0.6) is 0 Å². The molecule has 1 aromatic rings. The Morgan fingerprint density at radius 2 is 2.05 bits per heavy atom. The molecule has 0 saturated carbocycles. The van der Waals surface area contributed by atoms with Crippen molar-refractivity contribution in [2.45, 2.75) is 20.8 Å². The molecule has 2 N–H and O–H groups in total. The van der Waals surface area contributed by atoms with Gasteiger partial charge in [-0.15, -0.1) is 0 Å². The van der Waals surface area contributed by atoms with Crippen molar-refractivity contribution < 1.29 is 4.79 Å². The van der Waals surface area contributed by atoms with Gasteiger partial charge in [0.25, 0.3) is 0 Å². The Hall–Kier alpha value is -1.36. The van der Waals surface area contributed by atoms with Crippen LogP contribution in [0.4, 0.5) is 16.2 Å². The summed E-state index contributed by atoms with van der Waals surface area (Å²) >= 11 is 2.01. The van der Waals surface area contributed by atoms with Gasteiger partial charge in [0.2, 0.25) is 0 Å². The van der Waals surface area contributed by atoms with Crippen molar-refractivity contribution in [2.75, 3.05) is 41.4 Å². The van der Waals surface area contributed by atoms with Crippen molar-refractivity contribution in [3.05, 3.63) is 23.8 Å². The van der Waals surface area contributed by atoms with Gasteiger partial charge in [0.1, 0.15) is 0 Å². The number of anilines is 2. The quantitative estimate of drug-likeness (QED) is 0.897. The number of thioether (sulfide) groups is 1. The lowest BCUT2D eigenvalue weighted by molar-refractivity contribution is 0.251. The van der Waals surface area contributed by atoms with Gasteiger partial charge in [-0.05, 0) is 36.6 Å². The summed E-state index contributed by atoms with van der Waals surface area (Å²) in [4.78, 5) is 14.2. The molecule has 0 bridgehead atoms. The molecular weight excluding hydrogens is 282 g/mol. The zero-order chi connectivity index (χ0) is 15.2. The maximum atomic E-state index is 11.8. The molecule has 21 heavy (non-hydrogen) atoms. The van der Waals surface area contributed by atoms with Gasteiger partial charge in [-0.3, -0.25) is 0 Å². The summed E-state index contributed by atoms with van der Waals surface area (Å²) < 4.78 is 0. The molecule has 1 aliphatic heterocycles. The molecule has 0 spiro atoms. The van der Waals surface area contributed by atoms with E-state index in [1.165, 1.54) is 22.8 Å². The van der Waals surface area contributed by atoms with Crippen LogP contribution in [0.1, 0.15) is 19.4 Å². The molecule has 5 heteroatoms. The molecule has 2 amide bonds. The highest BCUT2D eigenvalue weighted by Gasteiger charge is 2.13. The Morgan fingerprint density at radius 3 is 2.67 bits per heavy atom. The molecule has 0 aliphatic carbocycles. The lowest BCUT2D eigenvalue weighted by Crippen LogP contribution is -2.33. The van der Waals surface area contributed by atoms with E-state index in [9.17, 15) is 4.79 Å². The van der Waals surface area contributed by atoms with Gasteiger partial charge in [0, 0.05) is 42.5 Å². The van der Waals surface area contributed by atoms with Gasteiger partial charge < -0.3 is 15.5 Å². The van der Waals surface area contributed by atoms with Crippen LogP contribution in [0.15, 0.2) is 18.2 Å². The molecule has 1 saturated heterocycles. The third-order valence-corrected chi connectivity index (χ3v) is 4.42. The number of carbonyl (C=O) groups is 1. The molecule has 0 aromatic heterocycles. The lowest BCUT2D eigenvalue weighted by atomic mass is 10.1. The van der Waals surface area contributed by atoms with Crippen molar-refractivity contribution in [3.63, 3.8) is 0 Å². The summed E-state index contributed by atoms with van der Waals surface area (Å²) in [5, 5.41) is 5.76. The van der Waals surface area contributed by atoms with E-state index in [1.807, 2.05) is 23.9 Å². The number of carbonyl (C=O) groups excluding carboxylic acids is 1. The van der Waals surface area contributed by atoms with Crippen molar-refractivity contribution in [1.82, 2.24) is 5.32 Å². The van der Waals surface area contributed by atoms with Crippen LogP contribution >= 0.6 is 11.8 Å². The second-order valence-corrected chi connectivity index (χ2v) is 7.05. The average Bonchev–Trinajstić information content (AvgIpc) is 2.46. The number of nitrogens with zero attached hydrogens (tertiary/aromatic N) is 1. The minimum atomic E-state index is -0.134. The molecule has 116 valence electrons. The Labute approximate surface area is 131 Å². The van der Waals surface area contributed by atoms with E-state index in [0.717, 1.165) is 18.8 Å². The Kier molecular flexibility index (Phi) is 5.79. The van der Waals surface area contributed by atoms with Gasteiger partial charge >= 0.3 is 6.03 Å². The number of amides is 2. The van der Waals surface area contributed by atoms with E-state index >= 15 is 0 Å². The van der Waals surface area contributed by atoms with Crippen molar-refractivity contribution >= 4 is 29.2 Å². The first-order valence-electron chi connectivity index (χ1n) is 7.54. The van der Waals surface area contributed by atoms with Crippen LogP contribution in [-0.4, -0.2) is 37.2 Å². The summed E-state index contributed by atoms with van der Waals surface area (Å²) in [6, 6.07) is 6.01. The van der Waals surface area contributed by atoms with Crippen LogP contribution in [-0.2, 0) is 0 Å². The highest BCUT2D eigenvalue weighted by molar-refractivity contribution is 7.99. The van der Waals surface area contributed by atoms with Crippen LogP contribution in [0.2, 0.25) is 0 Å². The first kappa shape index (κ1) is 16.0. The Bertz CT molecular complexity index is 484. The van der Waals surface area contributed by atoms with Crippen LogP contribution in [0.25, 0.3) is 0 Å². The summed E-state index contributed by atoms with van der Waals surface area (Å²) in [5.74, 6) is 2.84. The van der Waals surface area contributed by atoms with Gasteiger partial charge in [-0.25, -0.2) is 4.79 Å². The van der Waals surface area contributed by atoms with E-state index in [4.69, 9.17) is 0 Å². The fourth-order valence-electron chi connectivity index (χ4n) is 2.36. The molecule has 0 radical (unpaired) electrons. The molecule has 2 rings (SSSR count). The zero-order valence-corrected chi connectivity index (χ0v) is 13.9. The first-order chi connectivity index (χ1) is 10.1. The maximum absolute atomic E-state index is 11.8. The highest BCUT2D eigenvalue weighted by atomic mass is 32.2. The topological polar surface area (TPSA) is 44.4 Å². The smallest absolute Gasteiger partial charge is 0.319 e. The van der Waals surface area contributed by atoms with Gasteiger partial charge in [-0.1, -0.05) is 13.8 Å². The Morgan fingerprint density at radius 1 is 1.33 bits per heavy atom. The monoisotopic (exact) mass is 307 g/mol. The number of rotatable bonds is 4. The second kappa shape index (κ2) is 7.59. The molecule has 1 aliphatic rings. The van der Waals surface area contributed by atoms with Crippen LogP contribution < -0.4 is 15.5 Å². The minimum absolute atomic E-state index is 0.134. The summed E-state index contributed by atoms with van der Waals surface area (Å²) in [5.41, 5.74) is 3.34. The van der Waals surface area contributed by atoms with Crippen LogP contribution in [0.3, 0.4) is 0 Å². The van der Waals surface area contributed by atoms with E-state index in [1.54, 1.807) is 0 Å². The first-order valence-corrected chi connectivity index (χ1v) is 8.70. The third-order valence-electron chi connectivity index (χ3n) is 3.48. The summed E-state index contributed by atoms with van der Waals surface area (Å²) in [7, 11) is 0. The molecule has 1 heterocycles. The van der Waals surface area contributed by atoms with Gasteiger partial charge in [0.05, 0.1) is 0 Å². The SMILES string of the molecule is Cc1cc(NC(=O)NCC(C)C)ccc1N1CCSCC1. The molecule has 0 atom stereocenters. The molecular formula is C16H25N3OS. The molecule has 0 unspecified atom stereocenters. The van der Waals surface area contributed by atoms with E-state index in [2.05, 4.69) is 42.4 Å². The Balaban J connectivity index is 1.96. The van der Waals surface area contributed by atoms with E-state index < -0.39 is 0 Å². The molecule has 1 fully saturated rings. The number of hydrogen-bond acceptors (Lipinski definition) is 3. The minimum Gasteiger partial charge on any atom is -0.370 e. The fourth-order valence-corrected chi connectivity index (χ4v) is 3.27. The zero-order valence-electron chi connectivity index (χ0n) is 13.1. The number of hydrogen-bond donors (Lipinski definition) is 2. The number of urea groups is 1. The summed E-state index contributed by atoms with van der Waals surface area (Å²) in [6.45, 7) is 9.16. The van der Waals surface area contributed by atoms with Crippen molar-refractivity contribution in [2.24, 2.45) is 5.92 Å². The number of benzene rings is 1. The number of aryl methyl sites for hydroxylation is 1. The lowest BCUT2D eigenvalue weighted by Gasteiger charge is -2.30. The van der Waals surface area contributed by atoms with E-state index in [-0.39, 0.29) is 6.03 Å². The summed E-state index contributed by atoms with van der Waals surface area (Å²) in [6.07, 6.45) is 0. The molecule has 1 aromatic carbocycles. The number of nitrogens with one attached hydrogen (secondary N) is 2. The van der Waals surface area contributed by atoms with Gasteiger partial charge in [-0.2, -0.15) is 11.8 Å². The average molecular weight is 307 g/mol. The molecule has 4 nitrogen and oxygen atoms in total. The fraction of sp³-hybridized carbons (Fsp3) is 0.562.